The Morgan fingerprint density at radius 2 is 2.33 bits per heavy atom. The summed E-state index contributed by atoms with van der Waals surface area (Å²) in [6.45, 7) is 6.32. The van der Waals surface area contributed by atoms with Gasteiger partial charge in [-0.05, 0) is 25.5 Å². The standard InChI is InChI=1S/C18H23N3O2S/c1-14-11-24-17(20-14)9-21-12-18(13-21)8-16(5-7-23-18)22-10-15-4-2-3-6-19-15/h2-4,6,11,16H,5,7-10,12-13H2,1H3/t16-/m0/s1. The molecule has 5 nitrogen and oxygen atoms in total. The number of hydrogen-bond acceptors (Lipinski definition) is 6. The molecule has 2 aromatic rings. The van der Waals surface area contributed by atoms with Gasteiger partial charge in [-0.1, -0.05) is 6.07 Å². The fourth-order valence-electron chi connectivity index (χ4n) is 3.58. The highest BCUT2D eigenvalue weighted by molar-refractivity contribution is 7.09. The predicted molar refractivity (Wildman–Crippen MR) is 92.9 cm³/mol. The van der Waals surface area contributed by atoms with Crippen LogP contribution in [0.5, 0.6) is 0 Å². The van der Waals surface area contributed by atoms with Gasteiger partial charge in [0.2, 0.25) is 0 Å². The van der Waals surface area contributed by atoms with Crippen LogP contribution in [-0.2, 0) is 22.6 Å². The quantitative estimate of drug-likeness (QED) is 0.834. The molecule has 2 aliphatic rings. The maximum absolute atomic E-state index is 6.10. The molecule has 0 bridgehead atoms. The molecule has 2 aromatic heterocycles. The highest BCUT2D eigenvalue weighted by Crippen LogP contribution is 2.36. The first-order chi connectivity index (χ1) is 11.7. The number of pyridine rings is 1. The van der Waals surface area contributed by atoms with Crippen LogP contribution in [0, 0.1) is 6.92 Å². The molecular weight excluding hydrogens is 322 g/mol. The second kappa shape index (κ2) is 6.88. The van der Waals surface area contributed by atoms with Gasteiger partial charge in [0.05, 0.1) is 30.6 Å². The normalized spacial score (nSPS) is 23.3. The highest BCUT2D eigenvalue weighted by Gasteiger charge is 2.47. The van der Waals surface area contributed by atoms with Gasteiger partial charge in [0, 0.05) is 43.4 Å². The molecule has 128 valence electrons. The molecule has 0 aliphatic carbocycles. The van der Waals surface area contributed by atoms with E-state index < -0.39 is 0 Å². The lowest BCUT2D eigenvalue weighted by molar-refractivity contribution is -0.200. The zero-order valence-corrected chi connectivity index (χ0v) is 14.8. The second-order valence-corrected chi connectivity index (χ2v) is 7.75. The van der Waals surface area contributed by atoms with Crippen molar-refractivity contribution in [3.63, 3.8) is 0 Å². The molecule has 2 saturated heterocycles. The number of aromatic nitrogens is 2. The summed E-state index contributed by atoms with van der Waals surface area (Å²) in [5.41, 5.74) is 2.09. The number of hydrogen-bond donors (Lipinski definition) is 0. The largest absolute Gasteiger partial charge is 0.372 e. The number of nitrogens with zero attached hydrogens (tertiary/aromatic N) is 3. The number of ether oxygens (including phenoxy) is 2. The summed E-state index contributed by atoms with van der Waals surface area (Å²) in [6, 6.07) is 5.94. The van der Waals surface area contributed by atoms with Crippen molar-refractivity contribution < 1.29 is 9.47 Å². The number of likely N-dealkylation sites (tertiary alicyclic amines) is 1. The van der Waals surface area contributed by atoms with Crippen molar-refractivity contribution in [3.8, 4) is 0 Å². The van der Waals surface area contributed by atoms with Crippen LogP contribution in [-0.4, -0.2) is 46.3 Å². The van der Waals surface area contributed by atoms with Crippen LogP contribution in [0.2, 0.25) is 0 Å². The first kappa shape index (κ1) is 16.1. The molecule has 0 aromatic carbocycles. The van der Waals surface area contributed by atoms with Crippen LogP contribution in [0.25, 0.3) is 0 Å². The van der Waals surface area contributed by atoms with Gasteiger partial charge in [-0.2, -0.15) is 0 Å². The monoisotopic (exact) mass is 345 g/mol. The second-order valence-electron chi connectivity index (χ2n) is 6.81. The summed E-state index contributed by atoms with van der Waals surface area (Å²) in [5, 5.41) is 3.31. The number of thiazole rings is 1. The molecule has 0 radical (unpaired) electrons. The minimum atomic E-state index is -0.0145. The Hall–Kier alpha value is -1.34. The lowest BCUT2D eigenvalue weighted by Gasteiger charge is -2.53. The fraction of sp³-hybridized carbons (Fsp3) is 0.556. The fourth-order valence-corrected chi connectivity index (χ4v) is 4.39. The molecule has 1 atom stereocenters. The molecule has 0 amide bonds. The molecule has 2 aliphatic heterocycles. The molecule has 0 unspecified atom stereocenters. The van der Waals surface area contributed by atoms with Gasteiger partial charge < -0.3 is 9.47 Å². The Balaban J connectivity index is 1.26. The van der Waals surface area contributed by atoms with E-state index in [1.165, 1.54) is 5.01 Å². The topological polar surface area (TPSA) is 47.5 Å². The van der Waals surface area contributed by atoms with Crippen molar-refractivity contribution in [3.05, 3.63) is 46.2 Å². The van der Waals surface area contributed by atoms with E-state index in [2.05, 4.69) is 20.2 Å². The van der Waals surface area contributed by atoms with E-state index in [4.69, 9.17) is 9.47 Å². The molecule has 0 saturated carbocycles. The van der Waals surface area contributed by atoms with Gasteiger partial charge in [-0.15, -0.1) is 11.3 Å². The summed E-state index contributed by atoms with van der Waals surface area (Å²) in [5.74, 6) is 0. The third-order valence-electron chi connectivity index (χ3n) is 4.69. The molecule has 2 fully saturated rings. The van der Waals surface area contributed by atoms with Crippen molar-refractivity contribution >= 4 is 11.3 Å². The van der Waals surface area contributed by atoms with E-state index in [1.54, 1.807) is 11.3 Å². The van der Waals surface area contributed by atoms with E-state index in [0.29, 0.717) is 6.61 Å². The summed E-state index contributed by atoms with van der Waals surface area (Å²) < 4.78 is 12.2. The smallest absolute Gasteiger partial charge is 0.107 e. The molecule has 4 heterocycles. The number of aryl methyl sites for hydroxylation is 1. The van der Waals surface area contributed by atoms with E-state index in [1.807, 2.05) is 31.3 Å². The Morgan fingerprint density at radius 1 is 1.42 bits per heavy atom. The van der Waals surface area contributed by atoms with Crippen LogP contribution < -0.4 is 0 Å². The lowest BCUT2D eigenvalue weighted by atomic mass is 9.84. The average Bonchev–Trinajstić information content (AvgIpc) is 2.98. The van der Waals surface area contributed by atoms with Crippen molar-refractivity contribution in [1.29, 1.82) is 0 Å². The van der Waals surface area contributed by atoms with Gasteiger partial charge in [0.1, 0.15) is 5.01 Å². The van der Waals surface area contributed by atoms with Gasteiger partial charge in [-0.25, -0.2) is 4.98 Å². The Bertz CT molecular complexity index is 670. The predicted octanol–water partition coefficient (Wildman–Crippen LogP) is 2.80. The summed E-state index contributed by atoms with van der Waals surface area (Å²) in [7, 11) is 0. The van der Waals surface area contributed by atoms with Crippen LogP contribution in [0.4, 0.5) is 0 Å². The molecule has 4 rings (SSSR count). The van der Waals surface area contributed by atoms with Gasteiger partial charge in [0.25, 0.3) is 0 Å². The van der Waals surface area contributed by atoms with Crippen LogP contribution in [0.3, 0.4) is 0 Å². The maximum atomic E-state index is 6.10. The SMILES string of the molecule is Cc1csc(CN2CC3(C[C@@H](OCc4ccccn4)CCO3)C2)n1. The average molecular weight is 345 g/mol. The molecule has 1 spiro atoms. The maximum Gasteiger partial charge on any atom is 0.107 e. The third-order valence-corrected chi connectivity index (χ3v) is 5.64. The minimum Gasteiger partial charge on any atom is -0.372 e. The minimum absolute atomic E-state index is 0.0145. The Labute approximate surface area is 146 Å². The van der Waals surface area contributed by atoms with Gasteiger partial charge >= 0.3 is 0 Å². The van der Waals surface area contributed by atoms with Crippen molar-refractivity contribution in [1.82, 2.24) is 14.9 Å². The number of rotatable bonds is 5. The van der Waals surface area contributed by atoms with Crippen molar-refractivity contribution in [2.24, 2.45) is 0 Å². The Kier molecular flexibility index (Phi) is 4.63. The molecular formula is C18H23N3O2S. The van der Waals surface area contributed by atoms with Crippen molar-refractivity contribution in [2.45, 2.75) is 44.6 Å². The van der Waals surface area contributed by atoms with E-state index in [-0.39, 0.29) is 11.7 Å². The first-order valence-corrected chi connectivity index (χ1v) is 9.38. The van der Waals surface area contributed by atoms with E-state index >= 15 is 0 Å². The summed E-state index contributed by atoms with van der Waals surface area (Å²) in [4.78, 5) is 11.3. The van der Waals surface area contributed by atoms with E-state index in [9.17, 15) is 0 Å². The molecule has 6 heteroatoms. The zero-order chi connectivity index (χ0) is 16.4. The van der Waals surface area contributed by atoms with Crippen LogP contribution in [0.1, 0.15) is 29.2 Å². The molecule has 24 heavy (non-hydrogen) atoms. The van der Waals surface area contributed by atoms with E-state index in [0.717, 1.165) is 50.5 Å². The highest BCUT2D eigenvalue weighted by atomic mass is 32.1. The summed E-state index contributed by atoms with van der Waals surface area (Å²) >= 11 is 1.74. The van der Waals surface area contributed by atoms with Crippen LogP contribution >= 0.6 is 11.3 Å². The van der Waals surface area contributed by atoms with Crippen molar-refractivity contribution in [2.75, 3.05) is 19.7 Å². The molecule has 0 N–H and O–H groups in total. The Morgan fingerprint density at radius 3 is 3.08 bits per heavy atom. The van der Waals surface area contributed by atoms with Crippen LogP contribution in [0.15, 0.2) is 29.8 Å². The van der Waals surface area contributed by atoms with Gasteiger partial charge in [0.15, 0.2) is 0 Å². The zero-order valence-electron chi connectivity index (χ0n) is 14.0. The lowest BCUT2D eigenvalue weighted by Crippen LogP contribution is -2.65. The summed E-state index contributed by atoms with van der Waals surface area (Å²) in [6.07, 6.45) is 4.03. The first-order valence-electron chi connectivity index (χ1n) is 8.50. The van der Waals surface area contributed by atoms with Gasteiger partial charge in [-0.3, -0.25) is 9.88 Å². The third kappa shape index (κ3) is 3.67.